The molecule has 126 valence electrons. The Labute approximate surface area is 146 Å². The van der Waals surface area contributed by atoms with E-state index in [0.717, 1.165) is 55.8 Å². The average Bonchev–Trinajstić information content (AvgIpc) is 3.10. The van der Waals surface area contributed by atoms with Gasteiger partial charge in [0.25, 0.3) is 0 Å². The van der Waals surface area contributed by atoms with Crippen LogP contribution in [0.2, 0.25) is 0 Å². The molecule has 3 rings (SSSR count). The Hall–Kier alpha value is -1.14. The maximum absolute atomic E-state index is 12.4. The maximum atomic E-state index is 12.4. The number of rotatable bonds is 4. The summed E-state index contributed by atoms with van der Waals surface area (Å²) in [5, 5.41) is 0. The fourth-order valence-electron chi connectivity index (χ4n) is 3.42. The smallest absolute Gasteiger partial charge is 0.227 e. The summed E-state index contributed by atoms with van der Waals surface area (Å²) in [6.45, 7) is 4.19. The lowest BCUT2D eigenvalue weighted by molar-refractivity contribution is -0.134. The molecule has 1 amide bonds. The fraction of sp³-hybridized carbons (Fsp3) is 0.647. The molecule has 23 heavy (non-hydrogen) atoms. The Kier molecular flexibility index (Phi) is 5.54. The number of hydrogen-bond acceptors (Lipinski definition) is 4. The predicted molar refractivity (Wildman–Crippen MR) is 93.4 cm³/mol. The average molecular weight is 382 g/mol. The number of ether oxygens (including phenoxy) is 1. The number of amides is 1. The third-order valence-electron chi connectivity index (χ3n) is 4.84. The van der Waals surface area contributed by atoms with E-state index in [2.05, 4.69) is 31.9 Å². The summed E-state index contributed by atoms with van der Waals surface area (Å²) in [5.74, 6) is 1.95. The summed E-state index contributed by atoms with van der Waals surface area (Å²) in [4.78, 5) is 21.1. The van der Waals surface area contributed by atoms with Gasteiger partial charge in [0, 0.05) is 44.0 Å². The van der Waals surface area contributed by atoms with E-state index in [4.69, 9.17) is 4.74 Å². The molecular weight excluding hydrogens is 358 g/mol. The largest absolute Gasteiger partial charge is 0.381 e. The number of carbonyl (C=O) groups is 1. The van der Waals surface area contributed by atoms with E-state index in [1.165, 1.54) is 0 Å². The first-order valence-electron chi connectivity index (χ1n) is 8.32. The van der Waals surface area contributed by atoms with Gasteiger partial charge in [-0.1, -0.05) is 0 Å². The van der Waals surface area contributed by atoms with Gasteiger partial charge in [0.2, 0.25) is 5.91 Å². The van der Waals surface area contributed by atoms with E-state index >= 15 is 0 Å². The van der Waals surface area contributed by atoms with E-state index in [1.54, 1.807) is 0 Å². The van der Waals surface area contributed by atoms with E-state index in [-0.39, 0.29) is 11.8 Å². The van der Waals surface area contributed by atoms with Gasteiger partial charge in [-0.2, -0.15) is 0 Å². The van der Waals surface area contributed by atoms with Crippen molar-refractivity contribution in [1.29, 1.82) is 0 Å². The van der Waals surface area contributed by atoms with Gasteiger partial charge in [-0.3, -0.25) is 4.79 Å². The number of piperidine rings is 1. The first kappa shape index (κ1) is 16.7. The first-order valence-corrected chi connectivity index (χ1v) is 9.12. The molecule has 0 saturated carbocycles. The van der Waals surface area contributed by atoms with Crippen molar-refractivity contribution in [3.63, 3.8) is 0 Å². The lowest BCUT2D eigenvalue weighted by Crippen LogP contribution is -2.41. The highest BCUT2D eigenvalue weighted by Crippen LogP contribution is 2.24. The molecule has 1 aromatic heterocycles. The highest BCUT2D eigenvalue weighted by atomic mass is 79.9. The Morgan fingerprint density at radius 1 is 1.39 bits per heavy atom. The van der Waals surface area contributed by atoms with Crippen LogP contribution in [0.1, 0.15) is 19.3 Å². The van der Waals surface area contributed by atoms with Crippen molar-refractivity contribution in [2.75, 3.05) is 44.8 Å². The summed E-state index contributed by atoms with van der Waals surface area (Å²) >= 11 is 3.42. The predicted octanol–water partition coefficient (Wildman–Crippen LogP) is 2.56. The van der Waals surface area contributed by atoms with Gasteiger partial charge in [0.05, 0.1) is 12.5 Å². The quantitative estimate of drug-likeness (QED) is 0.803. The van der Waals surface area contributed by atoms with E-state index in [0.29, 0.717) is 12.5 Å². The molecule has 0 spiro atoms. The molecule has 2 fully saturated rings. The Balaban J connectivity index is 1.47. The second kappa shape index (κ2) is 7.62. The molecule has 3 heterocycles. The minimum absolute atomic E-state index is 0.0760. The lowest BCUT2D eigenvalue weighted by Gasteiger charge is -2.35. The zero-order valence-corrected chi connectivity index (χ0v) is 15.2. The molecule has 5 nitrogen and oxygen atoms in total. The highest BCUT2D eigenvalue weighted by Gasteiger charge is 2.28. The van der Waals surface area contributed by atoms with Gasteiger partial charge >= 0.3 is 0 Å². The molecule has 1 aromatic rings. The summed E-state index contributed by atoms with van der Waals surface area (Å²) < 4.78 is 6.33. The third kappa shape index (κ3) is 4.23. The number of anilines is 1. The Morgan fingerprint density at radius 2 is 2.17 bits per heavy atom. The molecule has 1 unspecified atom stereocenters. The minimum Gasteiger partial charge on any atom is -0.381 e. The van der Waals surface area contributed by atoms with Gasteiger partial charge in [0.1, 0.15) is 5.82 Å². The second-order valence-electron chi connectivity index (χ2n) is 6.54. The summed E-state index contributed by atoms with van der Waals surface area (Å²) in [6, 6.07) is 4.09. The van der Waals surface area contributed by atoms with Crippen LogP contribution in [0.3, 0.4) is 0 Å². The molecule has 0 aliphatic carbocycles. The third-order valence-corrected chi connectivity index (χ3v) is 5.31. The van der Waals surface area contributed by atoms with E-state index < -0.39 is 0 Å². The molecule has 2 saturated heterocycles. The van der Waals surface area contributed by atoms with Crippen molar-refractivity contribution < 1.29 is 9.53 Å². The molecule has 2 aliphatic rings. The minimum atomic E-state index is 0.0760. The number of halogens is 1. The van der Waals surface area contributed by atoms with Crippen LogP contribution in [-0.2, 0) is 9.53 Å². The monoisotopic (exact) mass is 381 g/mol. The zero-order valence-electron chi connectivity index (χ0n) is 13.6. The fourth-order valence-corrected chi connectivity index (χ4v) is 3.65. The summed E-state index contributed by atoms with van der Waals surface area (Å²) in [7, 11) is 1.93. The topological polar surface area (TPSA) is 45.7 Å². The van der Waals surface area contributed by atoms with Crippen LogP contribution in [0.5, 0.6) is 0 Å². The van der Waals surface area contributed by atoms with Gasteiger partial charge in [-0.25, -0.2) is 4.98 Å². The number of hydrogen-bond donors (Lipinski definition) is 0. The van der Waals surface area contributed by atoms with Crippen LogP contribution in [0.4, 0.5) is 5.82 Å². The van der Waals surface area contributed by atoms with Crippen LogP contribution < -0.4 is 4.90 Å². The van der Waals surface area contributed by atoms with E-state index in [1.807, 2.05) is 24.2 Å². The highest BCUT2D eigenvalue weighted by molar-refractivity contribution is 9.10. The molecule has 0 bridgehead atoms. The molecular formula is C17H24BrN3O2. The molecule has 6 heteroatoms. The normalized spacial score (nSPS) is 22.3. The molecule has 0 aromatic carbocycles. The zero-order chi connectivity index (χ0) is 16.2. The van der Waals surface area contributed by atoms with Gasteiger partial charge in [-0.15, -0.1) is 0 Å². The maximum Gasteiger partial charge on any atom is 0.227 e. The molecule has 0 N–H and O–H groups in total. The van der Waals surface area contributed by atoms with Crippen LogP contribution in [-0.4, -0.2) is 55.7 Å². The SMILES string of the molecule is CN(CC1CCN(c2ccc(Br)cn2)CC1)C(=O)C1CCOC1. The van der Waals surface area contributed by atoms with Crippen molar-refractivity contribution >= 4 is 27.7 Å². The number of aromatic nitrogens is 1. The van der Waals surface area contributed by atoms with Gasteiger partial charge in [-0.05, 0) is 53.2 Å². The molecule has 2 aliphatic heterocycles. The molecule has 1 atom stereocenters. The van der Waals surface area contributed by atoms with Crippen molar-refractivity contribution in [3.8, 4) is 0 Å². The Bertz CT molecular complexity index is 523. The number of nitrogens with zero attached hydrogens (tertiary/aromatic N) is 3. The van der Waals surface area contributed by atoms with Crippen molar-refractivity contribution in [1.82, 2.24) is 9.88 Å². The number of carbonyl (C=O) groups excluding carboxylic acids is 1. The first-order chi connectivity index (χ1) is 11.1. The summed E-state index contributed by atoms with van der Waals surface area (Å²) in [6.07, 6.45) is 4.93. The van der Waals surface area contributed by atoms with Crippen LogP contribution in [0, 0.1) is 11.8 Å². The van der Waals surface area contributed by atoms with Crippen LogP contribution in [0.15, 0.2) is 22.8 Å². The van der Waals surface area contributed by atoms with Crippen LogP contribution >= 0.6 is 15.9 Å². The number of pyridine rings is 1. The lowest BCUT2D eigenvalue weighted by atomic mass is 9.95. The second-order valence-corrected chi connectivity index (χ2v) is 7.46. The van der Waals surface area contributed by atoms with Gasteiger partial charge < -0.3 is 14.5 Å². The standard InChI is InChI=1S/C17H24BrN3O2/c1-20(17(22)14-6-9-23-12-14)11-13-4-7-21(8-5-13)16-3-2-15(18)10-19-16/h2-3,10,13-14H,4-9,11-12H2,1H3. The van der Waals surface area contributed by atoms with Gasteiger partial charge in [0.15, 0.2) is 0 Å². The Morgan fingerprint density at radius 3 is 2.78 bits per heavy atom. The summed E-state index contributed by atoms with van der Waals surface area (Å²) in [5.41, 5.74) is 0. The van der Waals surface area contributed by atoms with Crippen molar-refractivity contribution in [3.05, 3.63) is 22.8 Å². The van der Waals surface area contributed by atoms with Crippen LogP contribution in [0.25, 0.3) is 0 Å². The van der Waals surface area contributed by atoms with Crippen molar-refractivity contribution in [2.24, 2.45) is 11.8 Å². The van der Waals surface area contributed by atoms with E-state index in [9.17, 15) is 4.79 Å². The van der Waals surface area contributed by atoms with Crippen molar-refractivity contribution in [2.45, 2.75) is 19.3 Å². The molecule has 0 radical (unpaired) electrons.